The second-order valence-electron chi connectivity index (χ2n) is 7.94. The minimum Gasteiger partial charge on any atom is -0.445 e. The second-order valence-corrected chi connectivity index (χ2v) is 8.35. The molecule has 1 aromatic heterocycles. The number of alkyl carbamates (subject to hydrolysis) is 1. The van der Waals surface area contributed by atoms with E-state index < -0.39 is 23.7 Å². The lowest BCUT2D eigenvalue weighted by atomic mass is 10.0. The first kappa shape index (κ1) is 25.3. The van der Waals surface area contributed by atoms with Crippen molar-refractivity contribution in [1.29, 1.82) is 0 Å². The summed E-state index contributed by atoms with van der Waals surface area (Å²) in [6, 6.07) is 12.8. The van der Waals surface area contributed by atoms with Crippen LogP contribution in [-0.4, -0.2) is 18.1 Å². The topological polar surface area (TPSA) is 94.8 Å². The van der Waals surface area contributed by atoms with Crippen molar-refractivity contribution < 1.29 is 23.5 Å². The summed E-state index contributed by atoms with van der Waals surface area (Å²) in [5.41, 5.74) is 1.47. The maximum absolute atomic E-state index is 12.8. The van der Waals surface area contributed by atoms with Gasteiger partial charge < -0.3 is 19.2 Å². The molecule has 0 bridgehead atoms. The number of hydrogen-bond donors (Lipinski definition) is 1. The van der Waals surface area contributed by atoms with Gasteiger partial charge in [0.1, 0.15) is 18.2 Å². The van der Waals surface area contributed by atoms with E-state index in [4.69, 9.17) is 25.5 Å². The number of benzene rings is 2. The van der Waals surface area contributed by atoms with E-state index in [9.17, 15) is 14.4 Å². The van der Waals surface area contributed by atoms with Gasteiger partial charge in [0.05, 0.1) is 5.02 Å². The number of nitrogens with one attached hydrogen (secondary N) is 1. The first-order chi connectivity index (χ1) is 16.4. The molecule has 0 aliphatic rings. The molecule has 1 unspecified atom stereocenters. The van der Waals surface area contributed by atoms with Gasteiger partial charge >= 0.3 is 17.7 Å². The molecular formula is C26H28ClNO6. The Hall–Kier alpha value is -3.32. The molecule has 0 fully saturated rings. The van der Waals surface area contributed by atoms with Crippen LogP contribution >= 0.6 is 11.6 Å². The third-order valence-electron chi connectivity index (χ3n) is 5.26. The van der Waals surface area contributed by atoms with Crippen molar-refractivity contribution >= 4 is 34.6 Å². The molecule has 0 saturated heterocycles. The van der Waals surface area contributed by atoms with E-state index in [1.54, 1.807) is 6.07 Å². The molecule has 8 heteroatoms. The van der Waals surface area contributed by atoms with Crippen LogP contribution in [0.1, 0.15) is 50.7 Å². The molecule has 1 heterocycles. The lowest BCUT2D eigenvalue weighted by Gasteiger charge is -2.17. The Bertz CT molecular complexity index is 1190. The number of esters is 1. The molecule has 0 aliphatic carbocycles. The standard InChI is InChI=1S/C26H28ClNO6/c1-3-5-12-18-13-24(29)33-22-15-23(20(27)14-19(18)22)34-25(30)21(9-4-2)28-26(31)32-16-17-10-7-6-8-11-17/h6-8,10-11,13-15,21H,3-5,9,12,16H2,1-2H3,(H,28,31). The number of carbonyl (C=O) groups excluding carboxylic acids is 2. The monoisotopic (exact) mass is 485 g/mol. The van der Waals surface area contributed by atoms with Crippen molar-refractivity contribution in [2.75, 3.05) is 0 Å². The molecule has 1 atom stereocenters. The van der Waals surface area contributed by atoms with Gasteiger partial charge in [0.25, 0.3) is 0 Å². The van der Waals surface area contributed by atoms with Crippen LogP contribution in [0.25, 0.3) is 11.0 Å². The number of rotatable bonds is 10. The van der Waals surface area contributed by atoms with Crippen molar-refractivity contribution in [1.82, 2.24) is 5.32 Å². The summed E-state index contributed by atoms with van der Waals surface area (Å²) in [4.78, 5) is 37.1. The Morgan fingerprint density at radius 3 is 2.56 bits per heavy atom. The Morgan fingerprint density at radius 2 is 1.85 bits per heavy atom. The Labute approximate surface area is 203 Å². The fourth-order valence-corrected chi connectivity index (χ4v) is 3.71. The van der Waals surface area contributed by atoms with E-state index in [0.717, 1.165) is 24.0 Å². The average Bonchev–Trinajstić information content (AvgIpc) is 2.82. The number of ether oxygens (including phenoxy) is 2. The molecule has 0 spiro atoms. The second kappa shape index (κ2) is 12.2. The fraction of sp³-hybridized carbons (Fsp3) is 0.346. The Balaban J connectivity index is 1.73. The number of fused-ring (bicyclic) bond motifs is 1. The zero-order valence-electron chi connectivity index (χ0n) is 19.3. The van der Waals surface area contributed by atoms with E-state index in [1.165, 1.54) is 12.1 Å². The van der Waals surface area contributed by atoms with Crippen LogP contribution < -0.4 is 15.7 Å². The molecule has 3 aromatic rings. The third-order valence-corrected chi connectivity index (χ3v) is 5.55. The Morgan fingerprint density at radius 1 is 1.09 bits per heavy atom. The van der Waals surface area contributed by atoms with Gasteiger partial charge in [-0.1, -0.05) is 68.6 Å². The molecule has 34 heavy (non-hydrogen) atoms. The van der Waals surface area contributed by atoms with Crippen molar-refractivity contribution in [3.8, 4) is 5.75 Å². The fourth-order valence-electron chi connectivity index (χ4n) is 3.50. The number of hydrogen-bond acceptors (Lipinski definition) is 6. The number of carbonyl (C=O) groups is 2. The quantitative estimate of drug-likeness (QED) is 0.222. The summed E-state index contributed by atoms with van der Waals surface area (Å²) >= 11 is 6.39. The van der Waals surface area contributed by atoms with Gasteiger partial charge in [-0.25, -0.2) is 14.4 Å². The van der Waals surface area contributed by atoms with E-state index in [1.807, 2.05) is 37.3 Å². The molecule has 0 saturated carbocycles. The first-order valence-electron chi connectivity index (χ1n) is 11.4. The zero-order chi connectivity index (χ0) is 24.5. The minimum atomic E-state index is -0.928. The van der Waals surface area contributed by atoms with Crippen LogP contribution in [0.4, 0.5) is 4.79 Å². The number of halogens is 1. The van der Waals surface area contributed by atoms with Gasteiger partial charge in [0.2, 0.25) is 0 Å². The zero-order valence-corrected chi connectivity index (χ0v) is 20.0. The summed E-state index contributed by atoms with van der Waals surface area (Å²) in [5, 5.41) is 3.46. The van der Waals surface area contributed by atoms with Crippen LogP contribution in [0.5, 0.6) is 5.75 Å². The van der Waals surface area contributed by atoms with Gasteiger partial charge in [-0.15, -0.1) is 0 Å². The molecule has 1 amide bonds. The summed E-state index contributed by atoms with van der Waals surface area (Å²) in [6.07, 6.45) is 2.85. The molecule has 1 N–H and O–H groups in total. The van der Waals surface area contributed by atoms with Crippen molar-refractivity contribution in [2.45, 2.75) is 58.6 Å². The first-order valence-corrected chi connectivity index (χ1v) is 11.7. The average molecular weight is 486 g/mol. The van der Waals surface area contributed by atoms with Crippen LogP contribution in [0.15, 0.2) is 57.7 Å². The molecule has 2 aromatic carbocycles. The highest BCUT2D eigenvalue weighted by Crippen LogP contribution is 2.32. The molecule has 3 rings (SSSR count). The van der Waals surface area contributed by atoms with Crippen LogP contribution in [-0.2, 0) is 22.6 Å². The van der Waals surface area contributed by atoms with Crippen molar-refractivity contribution in [3.05, 3.63) is 75.1 Å². The normalized spacial score (nSPS) is 11.7. The molecular weight excluding hydrogens is 458 g/mol. The maximum Gasteiger partial charge on any atom is 0.408 e. The lowest BCUT2D eigenvalue weighted by Crippen LogP contribution is -2.43. The van der Waals surface area contributed by atoms with Crippen LogP contribution in [0, 0.1) is 0 Å². The smallest absolute Gasteiger partial charge is 0.408 e. The summed E-state index contributed by atoms with van der Waals surface area (Å²) < 4.78 is 16.0. The highest BCUT2D eigenvalue weighted by atomic mass is 35.5. The molecule has 0 aliphatic heterocycles. The van der Waals surface area contributed by atoms with Crippen molar-refractivity contribution in [2.24, 2.45) is 0 Å². The van der Waals surface area contributed by atoms with E-state index in [2.05, 4.69) is 12.2 Å². The third kappa shape index (κ3) is 6.84. The van der Waals surface area contributed by atoms with Gasteiger partial charge in [-0.05, 0) is 36.5 Å². The van der Waals surface area contributed by atoms with E-state index in [0.29, 0.717) is 24.6 Å². The van der Waals surface area contributed by atoms with Gasteiger partial charge in [-0.3, -0.25) is 0 Å². The van der Waals surface area contributed by atoms with Crippen LogP contribution in [0.3, 0.4) is 0 Å². The van der Waals surface area contributed by atoms with Crippen LogP contribution in [0.2, 0.25) is 5.02 Å². The largest absolute Gasteiger partial charge is 0.445 e. The van der Waals surface area contributed by atoms with E-state index >= 15 is 0 Å². The Kier molecular flexibility index (Phi) is 9.10. The van der Waals surface area contributed by atoms with Gasteiger partial charge in [0, 0.05) is 17.5 Å². The summed E-state index contributed by atoms with van der Waals surface area (Å²) in [7, 11) is 0. The predicted octanol–water partition coefficient (Wildman–Crippen LogP) is 5.79. The molecule has 180 valence electrons. The summed E-state index contributed by atoms with van der Waals surface area (Å²) in [5.74, 6) is -0.639. The maximum atomic E-state index is 12.8. The SMILES string of the molecule is CCCCc1cc(=O)oc2cc(OC(=O)C(CCC)NC(=O)OCc3ccccc3)c(Cl)cc12. The number of unbranched alkanes of at least 4 members (excludes halogenated alkanes) is 1. The van der Waals surface area contributed by atoms with E-state index in [-0.39, 0.29) is 23.0 Å². The minimum absolute atomic E-state index is 0.0514. The summed E-state index contributed by atoms with van der Waals surface area (Å²) in [6.45, 7) is 4.03. The van der Waals surface area contributed by atoms with Gasteiger partial charge in [-0.2, -0.15) is 0 Å². The highest BCUT2D eigenvalue weighted by Gasteiger charge is 2.24. The molecule has 0 radical (unpaired) electrons. The highest BCUT2D eigenvalue weighted by molar-refractivity contribution is 6.33. The van der Waals surface area contributed by atoms with Gasteiger partial charge in [0.15, 0.2) is 5.75 Å². The number of aryl methyl sites for hydroxylation is 1. The predicted molar refractivity (Wildman–Crippen MR) is 130 cm³/mol. The molecule has 7 nitrogen and oxygen atoms in total. The number of amides is 1. The van der Waals surface area contributed by atoms with Crippen molar-refractivity contribution in [3.63, 3.8) is 0 Å². The lowest BCUT2D eigenvalue weighted by molar-refractivity contribution is -0.136.